The third kappa shape index (κ3) is 4.86. The lowest BCUT2D eigenvalue weighted by molar-refractivity contribution is -0.148. The molecule has 1 aliphatic rings. The molecule has 37 heavy (non-hydrogen) atoms. The number of benzene rings is 3. The van der Waals surface area contributed by atoms with E-state index in [0.29, 0.717) is 21.7 Å². The maximum Gasteiger partial charge on any atom is 0.330 e. The molecule has 4 rings (SSSR count). The van der Waals surface area contributed by atoms with Gasteiger partial charge in [-0.2, -0.15) is 0 Å². The van der Waals surface area contributed by atoms with Gasteiger partial charge in [0, 0.05) is 22.5 Å². The highest BCUT2D eigenvalue weighted by Crippen LogP contribution is 2.56. The average molecular weight is 519 g/mol. The molecule has 1 saturated heterocycles. The molecular formula is C30H31ClN2O4. The number of rotatable bonds is 6. The van der Waals surface area contributed by atoms with E-state index in [1.165, 1.54) is 11.8 Å². The highest BCUT2D eigenvalue weighted by molar-refractivity contribution is 6.30. The van der Waals surface area contributed by atoms with Crippen LogP contribution < -0.4 is 5.32 Å². The molecule has 0 aliphatic carbocycles. The second-order valence-corrected chi connectivity index (χ2v) is 10.5. The topological polar surface area (TPSA) is 86.7 Å². The van der Waals surface area contributed by atoms with Gasteiger partial charge in [0.1, 0.15) is 5.54 Å². The first-order valence-electron chi connectivity index (χ1n) is 12.3. The molecule has 3 aromatic rings. The number of carboxylic acid groups (broad SMARTS) is 1. The van der Waals surface area contributed by atoms with Crippen LogP contribution in [-0.2, 0) is 4.79 Å². The predicted octanol–water partition coefficient (Wildman–Crippen LogP) is 6.25. The second kappa shape index (κ2) is 10.4. The zero-order valence-electron chi connectivity index (χ0n) is 21.3. The van der Waals surface area contributed by atoms with Crippen molar-refractivity contribution in [1.82, 2.24) is 10.2 Å². The van der Waals surface area contributed by atoms with Gasteiger partial charge in [0.25, 0.3) is 0 Å². The molecule has 7 heteroatoms. The van der Waals surface area contributed by atoms with E-state index in [9.17, 15) is 19.5 Å². The number of Topliss-reactive ketones (excluding diaryl/α,β-unsaturated/α-hetero) is 1. The SMILES string of the molecule is Cc1ccc(C2C(C(=O)c3ccccc3)C(c3ccc(Cl)cc3)C(C)(C(=O)O)N2C(=O)NC(C)C)cc1. The fourth-order valence-corrected chi connectivity index (χ4v) is 5.56. The third-order valence-corrected chi connectivity index (χ3v) is 7.41. The molecule has 192 valence electrons. The van der Waals surface area contributed by atoms with Crippen LogP contribution in [0.25, 0.3) is 0 Å². The number of amides is 2. The standard InChI is InChI=1S/C30H31ClN2O4/c1-18(2)32-29(37)33-26(21-12-10-19(3)11-13-21)24(27(34)22-8-6-5-7-9-22)25(30(33,4)28(35)36)20-14-16-23(31)17-15-20/h5-18,24-26H,1-4H3,(H,32,37)(H,35,36). The van der Waals surface area contributed by atoms with Crippen LogP contribution >= 0.6 is 11.6 Å². The number of hydrogen-bond donors (Lipinski definition) is 2. The molecule has 0 spiro atoms. The summed E-state index contributed by atoms with van der Waals surface area (Å²) in [5.74, 6) is -3.13. The lowest BCUT2D eigenvalue weighted by atomic mass is 9.71. The summed E-state index contributed by atoms with van der Waals surface area (Å²) in [4.78, 5) is 42.6. The molecule has 0 aromatic heterocycles. The lowest BCUT2D eigenvalue weighted by Crippen LogP contribution is -2.57. The number of carboxylic acids is 1. The van der Waals surface area contributed by atoms with Crippen LogP contribution in [0, 0.1) is 12.8 Å². The van der Waals surface area contributed by atoms with Crippen LogP contribution in [0.2, 0.25) is 5.02 Å². The number of nitrogens with zero attached hydrogens (tertiary/aromatic N) is 1. The summed E-state index contributed by atoms with van der Waals surface area (Å²) in [6.45, 7) is 7.12. The summed E-state index contributed by atoms with van der Waals surface area (Å²) in [6.07, 6.45) is 0. The maximum atomic E-state index is 14.3. The minimum Gasteiger partial charge on any atom is -0.479 e. The summed E-state index contributed by atoms with van der Waals surface area (Å²) < 4.78 is 0. The maximum absolute atomic E-state index is 14.3. The number of carbonyl (C=O) groups is 3. The number of halogens is 1. The summed E-state index contributed by atoms with van der Waals surface area (Å²) in [6, 6.07) is 21.6. The summed E-state index contributed by atoms with van der Waals surface area (Å²) in [7, 11) is 0. The first-order chi connectivity index (χ1) is 17.6. The first-order valence-corrected chi connectivity index (χ1v) is 12.7. The van der Waals surface area contributed by atoms with Crippen molar-refractivity contribution in [2.75, 3.05) is 0 Å². The number of aliphatic carboxylic acids is 1. The van der Waals surface area contributed by atoms with Gasteiger partial charge in [-0.05, 0) is 51.0 Å². The molecule has 1 heterocycles. The van der Waals surface area contributed by atoms with Gasteiger partial charge in [-0.1, -0.05) is 83.9 Å². The van der Waals surface area contributed by atoms with Gasteiger partial charge in [0.2, 0.25) is 0 Å². The van der Waals surface area contributed by atoms with Crippen molar-refractivity contribution < 1.29 is 19.5 Å². The van der Waals surface area contributed by atoms with Gasteiger partial charge >= 0.3 is 12.0 Å². The molecular weight excluding hydrogens is 488 g/mol. The van der Waals surface area contributed by atoms with Gasteiger partial charge < -0.3 is 15.3 Å². The van der Waals surface area contributed by atoms with Crippen molar-refractivity contribution in [2.45, 2.75) is 51.2 Å². The highest BCUT2D eigenvalue weighted by Gasteiger charge is 2.65. The number of aryl methyl sites for hydroxylation is 1. The van der Waals surface area contributed by atoms with Crippen molar-refractivity contribution in [3.8, 4) is 0 Å². The van der Waals surface area contributed by atoms with Crippen molar-refractivity contribution >= 4 is 29.4 Å². The van der Waals surface area contributed by atoms with Crippen molar-refractivity contribution in [3.63, 3.8) is 0 Å². The van der Waals surface area contributed by atoms with Crippen LogP contribution in [-0.4, -0.2) is 39.4 Å². The molecule has 4 unspecified atom stereocenters. The Hall–Kier alpha value is -3.64. The van der Waals surface area contributed by atoms with E-state index in [1.54, 1.807) is 48.5 Å². The fourth-order valence-electron chi connectivity index (χ4n) is 5.43. The minimum atomic E-state index is -1.74. The number of nitrogens with one attached hydrogen (secondary N) is 1. The Morgan fingerprint density at radius 3 is 2.03 bits per heavy atom. The van der Waals surface area contributed by atoms with E-state index in [2.05, 4.69) is 5.32 Å². The number of ketones is 1. The molecule has 0 radical (unpaired) electrons. The Kier molecular flexibility index (Phi) is 7.42. The van der Waals surface area contributed by atoms with Crippen molar-refractivity contribution in [3.05, 3.63) is 106 Å². The summed E-state index contributed by atoms with van der Waals surface area (Å²) >= 11 is 6.16. The smallest absolute Gasteiger partial charge is 0.330 e. The van der Waals surface area contributed by atoms with E-state index in [0.717, 1.165) is 5.56 Å². The molecule has 4 atom stereocenters. The Labute approximate surface area is 222 Å². The monoisotopic (exact) mass is 518 g/mol. The zero-order valence-corrected chi connectivity index (χ0v) is 22.1. The van der Waals surface area contributed by atoms with E-state index >= 15 is 0 Å². The van der Waals surface area contributed by atoms with Gasteiger partial charge in [-0.25, -0.2) is 9.59 Å². The Balaban J connectivity index is 2.03. The second-order valence-electron chi connectivity index (χ2n) is 10.1. The Bertz CT molecular complexity index is 1290. The quantitative estimate of drug-likeness (QED) is 0.378. The number of hydrogen-bond acceptors (Lipinski definition) is 3. The van der Waals surface area contributed by atoms with E-state index in [-0.39, 0.29) is 11.8 Å². The van der Waals surface area contributed by atoms with E-state index in [1.807, 2.05) is 51.1 Å². The molecule has 3 aromatic carbocycles. The van der Waals surface area contributed by atoms with Crippen LogP contribution in [0.3, 0.4) is 0 Å². The predicted molar refractivity (Wildman–Crippen MR) is 144 cm³/mol. The first kappa shape index (κ1) is 26.4. The van der Waals surface area contributed by atoms with Crippen molar-refractivity contribution in [1.29, 1.82) is 0 Å². The van der Waals surface area contributed by atoms with Gasteiger partial charge in [-0.3, -0.25) is 4.79 Å². The Morgan fingerprint density at radius 1 is 0.919 bits per heavy atom. The highest BCUT2D eigenvalue weighted by atomic mass is 35.5. The van der Waals surface area contributed by atoms with E-state index < -0.39 is 35.4 Å². The van der Waals surface area contributed by atoms with Crippen molar-refractivity contribution in [2.24, 2.45) is 5.92 Å². The van der Waals surface area contributed by atoms with Crippen LogP contribution in [0.5, 0.6) is 0 Å². The molecule has 1 fully saturated rings. The molecule has 0 bridgehead atoms. The molecule has 2 N–H and O–H groups in total. The summed E-state index contributed by atoms with van der Waals surface area (Å²) in [5, 5.41) is 14.1. The average Bonchev–Trinajstić information content (AvgIpc) is 3.15. The number of carbonyl (C=O) groups excluding carboxylic acids is 2. The molecule has 6 nitrogen and oxygen atoms in total. The normalized spacial score (nSPS) is 23.2. The fraction of sp³-hybridized carbons (Fsp3) is 0.300. The van der Waals surface area contributed by atoms with E-state index in [4.69, 9.17) is 11.6 Å². The van der Waals surface area contributed by atoms with Gasteiger partial charge in [0.05, 0.1) is 12.0 Å². The van der Waals surface area contributed by atoms with Crippen LogP contribution in [0.4, 0.5) is 4.79 Å². The Morgan fingerprint density at radius 2 is 1.49 bits per heavy atom. The molecule has 2 amide bonds. The number of likely N-dealkylation sites (tertiary alicyclic amines) is 1. The minimum absolute atomic E-state index is 0.224. The molecule has 0 saturated carbocycles. The summed E-state index contributed by atoms with van der Waals surface area (Å²) in [5.41, 5.74) is 1.06. The third-order valence-electron chi connectivity index (χ3n) is 7.16. The number of urea groups is 1. The van der Waals surface area contributed by atoms with Gasteiger partial charge in [0.15, 0.2) is 5.78 Å². The largest absolute Gasteiger partial charge is 0.479 e. The van der Waals surface area contributed by atoms with Crippen LogP contribution in [0.15, 0.2) is 78.9 Å². The van der Waals surface area contributed by atoms with Gasteiger partial charge in [-0.15, -0.1) is 0 Å². The van der Waals surface area contributed by atoms with Crippen LogP contribution in [0.1, 0.15) is 59.8 Å². The lowest BCUT2D eigenvalue weighted by Gasteiger charge is -2.38. The zero-order chi connectivity index (χ0) is 26.9. The molecule has 1 aliphatic heterocycles.